The number of anilines is 2. The number of fused-ring (bicyclic) bond motifs is 1. The number of nitrogens with one attached hydrogen (secondary N) is 2. The van der Waals surface area contributed by atoms with Crippen LogP contribution in [0, 0.1) is 0 Å². The van der Waals surface area contributed by atoms with E-state index < -0.39 is 12.1 Å². The highest BCUT2D eigenvalue weighted by Crippen LogP contribution is 2.29. The van der Waals surface area contributed by atoms with E-state index in [9.17, 15) is 9.59 Å². The predicted molar refractivity (Wildman–Crippen MR) is 132 cm³/mol. The van der Waals surface area contributed by atoms with Gasteiger partial charge in [0.1, 0.15) is 5.82 Å². The van der Waals surface area contributed by atoms with E-state index in [1.54, 1.807) is 12.1 Å². The van der Waals surface area contributed by atoms with Crippen molar-refractivity contribution in [1.29, 1.82) is 0 Å². The first-order valence-electron chi connectivity index (χ1n) is 12.3. The third kappa shape index (κ3) is 5.85. The number of ether oxygens (including phenoxy) is 1. The molecule has 2 aromatic rings. The molecule has 4 rings (SSSR count). The van der Waals surface area contributed by atoms with Gasteiger partial charge in [-0.05, 0) is 51.4 Å². The second kappa shape index (κ2) is 10.8. The summed E-state index contributed by atoms with van der Waals surface area (Å²) in [5.74, 6) is 0.979. The highest BCUT2D eigenvalue weighted by Gasteiger charge is 2.29. The van der Waals surface area contributed by atoms with Crippen LogP contribution in [0.25, 0.3) is 0 Å². The molecule has 1 atom stereocenters. The van der Waals surface area contributed by atoms with E-state index in [-0.39, 0.29) is 18.0 Å². The van der Waals surface area contributed by atoms with Gasteiger partial charge >= 0.3 is 5.97 Å². The molecule has 0 radical (unpaired) electrons. The Morgan fingerprint density at radius 3 is 2.35 bits per heavy atom. The summed E-state index contributed by atoms with van der Waals surface area (Å²) in [6.45, 7) is 1.32. The van der Waals surface area contributed by atoms with Crippen molar-refractivity contribution in [2.45, 2.75) is 76.5 Å². The topological polar surface area (TPSA) is 96.5 Å². The molecule has 34 heavy (non-hydrogen) atoms. The van der Waals surface area contributed by atoms with Crippen LogP contribution in [-0.2, 0) is 27.2 Å². The minimum absolute atomic E-state index is 0.0501. The maximum absolute atomic E-state index is 12.9. The first-order chi connectivity index (χ1) is 16.4. The van der Waals surface area contributed by atoms with Crippen LogP contribution in [0.1, 0.15) is 68.4 Å². The zero-order valence-corrected chi connectivity index (χ0v) is 20.3. The molecule has 1 aromatic heterocycles. The summed E-state index contributed by atoms with van der Waals surface area (Å²) in [4.78, 5) is 36.2. The summed E-state index contributed by atoms with van der Waals surface area (Å²) in [5.41, 5.74) is 3.13. The van der Waals surface area contributed by atoms with E-state index in [1.807, 2.05) is 32.3 Å². The van der Waals surface area contributed by atoms with Gasteiger partial charge in [-0.25, -0.2) is 4.98 Å². The number of aryl methyl sites for hydroxylation is 1. The fourth-order valence-corrected chi connectivity index (χ4v) is 4.92. The Kier molecular flexibility index (Phi) is 7.65. The van der Waals surface area contributed by atoms with E-state index in [4.69, 9.17) is 14.7 Å². The number of hydrogen-bond acceptors (Lipinski definition) is 7. The number of hydrogen-bond donors (Lipinski definition) is 2. The van der Waals surface area contributed by atoms with Crippen molar-refractivity contribution in [3.05, 3.63) is 47.2 Å². The molecule has 2 aliphatic rings. The summed E-state index contributed by atoms with van der Waals surface area (Å²) < 4.78 is 5.33. The Hall–Kier alpha value is -3.16. The first kappa shape index (κ1) is 24.0. The number of esters is 1. The van der Waals surface area contributed by atoms with Crippen LogP contribution in [0.2, 0.25) is 0 Å². The van der Waals surface area contributed by atoms with Crippen LogP contribution in [-0.4, -0.2) is 48.0 Å². The lowest BCUT2D eigenvalue weighted by atomic mass is 9.91. The minimum atomic E-state index is -0.928. The molecule has 1 heterocycles. The molecule has 1 aromatic carbocycles. The molecule has 182 valence electrons. The minimum Gasteiger partial charge on any atom is -0.447 e. The highest BCUT2D eigenvalue weighted by molar-refractivity contribution is 5.84. The maximum Gasteiger partial charge on any atom is 0.303 e. The molecule has 8 nitrogen and oxygen atoms in total. The van der Waals surface area contributed by atoms with Gasteiger partial charge in [0.05, 0.1) is 5.69 Å². The second-order valence-corrected chi connectivity index (χ2v) is 9.50. The zero-order chi connectivity index (χ0) is 24.1. The van der Waals surface area contributed by atoms with Gasteiger partial charge in [0.25, 0.3) is 5.91 Å². The molecular formula is C26H35N5O3. The average molecular weight is 466 g/mol. The van der Waals surface area contributed by atoms with Crippen LogP contribution in [0.4, 0.5) is 11.8 Å². The Labute approximate surface area is 201 Å². The molecule has 0 aliphatic heterocycles. The smallest absolute Gasteiger partial charge is 0.303 e. The van der Waals surface area contributed by atoms with Crippen LogP contribution >= 0.6 is 0 Å². The molecule has 8 heteroatoms. The maximum atomic E-state index is 12.9. The van der Waals surface area contributed by atoms with E-state index >= 15 is 0 Å². The molecule has 1 amide bonds. The summed E-state index contributed by atoms with van der Waals surface area (Å²) in [5, 5.41) is 6.63. The van der Waals surface area contributed by atoms with E-state index in [2.05, 4.69) is 15.5 Å². The van der Waals surface area contributed by atoms with Crippen molar-refractivity contribution in [3.8, 4) is 0 Å². The molecule has 0 bridgehead atoms. The molecule has 1 fully saturated rings. The number of rotatable bonds is 7. The lowest BCUT2D eigenvalue weighted by Crippen LogP contribution is -2.43. The van der Waals surface area contributed by atoms with Crippen LogP contribution < -0.4 is 15.5 Å². The van der Waals surface area contributed by atoms with Gasteiger partial charge in [0, 0.05) is 44.2 Å². The molecule has 1 unspecified atom stereocenters. The predicted octanol–water partition coefficient (Wildman–Crippen LogP) is 3.57. The van der Waals surface area contributed by atoms with Gasteiger partial charge in [-0.2, -0.15) is 4.98 Å². The van der Waals surface area contributed by atoms with Crippen molar-refractivity contribution in [3.63, 3.8) is 0 Å². The van der Waals surface area contributed by atoms with Crippen molar-refractivity contribution < 1.29 is 14.3 Å². The Balaban J connectivity index is 1.35. The monoisotopic (exact) mass is 465 g/mol. The lowest BCUT2D eigenvalue weighted by molar-refractivity contribution is -0.154. The summed E-state index contributed by atoms with van der Waals surface area (Å²) >= 11 is 0. The van der Waals surface area contributed by atoms with Gasteiger partial charge < -0.3 is 20.3 Å². The van der Waals surface area contributed by atoms with E-state index in [0.717, 1.165) is 44.3 Å². The number of aromatic nitrogens is 2. The van der Waals surface area contributed by atoms with Crippen molar-refractivity contribution >= 4 is 23.6 Å². The normalized spacial score (nSPS) is 20.6. The number of nitrogens with zero attached hydrogens (tertiary/aromatic N) is 3. The van der Waals surface area contributed by atoms with Gasteiger partial charge in [-0.3, -0.25) is 9.59 Å². The van der Waals surface area contributed by atoms with Crippen LogP contribution in [0.15, 0.2) is 30.3 Å². The van der Waals surface area contributed by atoms with Gasteiger partial charge in [0.2, 0.25) is 12.1 Å². The van der Waals surface area contributed by atoms with E-state index in [1.165, 1.54) is 31.0 Å². The average Bonchev–Trinajstić information content (AvgIpc) is 2.83. The molecule has 0 spiro atoms. The molecule has 2 N–H and O–H groups in total. The zero-order valence-electron chi connectivity index (χ0n) is 20.3. The Morgan fingerprint density at radius 2 is 1.68 bits per heavy atom. The summed E-state index contributed by atoms with van der Waals surface area (Å²) in [6.07, 6.45) is 7.01. The van der Waals surface area contributed by atoms with E-state index in [0.29, 0.717) is 11.5 Å². The molecular weight excluding hydrogens is 430 g/mol. The Morgan fingerprint density at radius 1 is 1.00 bits per heavy atom. The highest BCUT2D eigenvalue weighted by atomic mass is 16.5. The SMILES string of the molecule is CC(=O)OC(C(=O)NC1CCC(Nc2nc3c(c(N(C)C)n2)CCCC3)CC1)c1ccccc1. The number of benzene rings is 1. The molecule has 1 saturated carbocycles. The van der Waals surface area contributed by atoms with Crippen molar-refractivity contribution in [1.82, 2.24) is 15.3 Å². The fourth-order valence-electron chi connectivity index (χ4n) is 4.92. The van der Waals surface area contributed by atoms with Crippen LogP contribution in [0.5, 0.6) is 0 Å². The van der Waals surface area contributed by atoms with Gasteiger partial charge in [-0.1, -0.05) is 30.3 Å². The second-order valence-electron chi connectivity index (χ2n) is 9.50. The van der Waals surface area contributed by atoms with Crippen LogP contribution in [0.3, 0.4) is 0 Å². The lowest BCUT2D eigenvalue weighted by Gasteiger charge is -2.31. The van der Waals surface area contributed by atoms with Gasteiger partial charge in [0.15, 0.2) is 0 Å². The number of amides is 1. The standard InChI is InChI=1S/C26H35N5O3/c1-17(32)34-23(18-9-5-4-6-10-18)25(33)27-19-13-15-20(16-14-19)28-26-29-22-12-8-7-11-21(22)24(30-26)31(2)3/h4-6,9-10,19-20,23H,7-8,11-16H2,1-3H3,(H,27,33)(H,28,29,30). The van der Waals surface area contributed by atoms with Crippen molar-refractivity contribution in [2.75, 3.05) is 24.3 Å². The third-order valence-electron chi connectivity index (χ3n) is 6.62. The number of carbonyl (C=O) groups excluding carboxylic acids is 2. The summed E-state index contributed by atoms with van der Waals surface area (Å²) in [7, 11) is 4.07. The third-order valence-corrected chi connectivity index (χ3v) is 6.62. The quantitative estimate of drug-likeness (QED) is 0.604. The molecule has 2 aliphatic carbocycles. The number of carbonyl (C=O) groups is 2. The van der Waals surface area contributed by atoms with Gasteiger partial charge in [-0.15, -0.1) is 0 Å². The fraction of sp³-hybridized carbons (Fsp3) is 0.538. The molecule has 0 saturated heterocycles. The Bertz CT molecular complexity index is 1000. The largest absolute Gasteiger partial charge is 0.447 e. The first-order valence-corrected chi connectivity index (χ1v) is 12.3. The summed E-state index contributed by atoms with van der Waals surface area (Å²) in [6, 6.07) is 9.45. The van der Waals surface area contributed by atoms with Crippen molar-refractivity contribution in [2.24, 2.45) is 0 Å².